The average Bonchev–Trinajstić information content (AvgIpc) is 2.94. The fraction of sp³-hybridized carbons (Fsp3) is 0. The number of hydrogen-bond acceptors (Lipinski definition) is 1. The summed E-state index contributed by atoms with van der Waals surface area (Å²) in [6.45, 7) is 3.81. The lowest BCUT2D eigenvalue weighted by molar-refractivity contribution is 1.32. The van der Waals surface area contributed by atoms with Gasteiger partial charge in [0.2, 0.25) is 0 Å². The molecule has 1 aromatic carbocycles. The van der Waals surface area contributed by atoms with Crippen LogP contribution in [-0.4, -0.2) is 9.97 Å². The largest absolute Gasteiger partial charge is 0.346 e. The van der Waals surface area contributed by atoms with Gasteiger partial charge in [0.05, 0.1) is 0 Å². The summed E-state index contributed by atoms with van der Waals surface area (Å²) in [7, 11) is 0. The normalized spacial score (nSPS) is 9.89. The Hall–Kier alpha value is -2.79. The van der Waals surface area contributed by atoms with Gasteiger partial charge >= 0.3 is 0 Å². The Bertz CT molecular complexity index is 800. The van der Waals surface area contributed by atoms with Gasteiger partial charge in [0.1, 0.15) is 5.65 Å². The van der Waals surface area contributed by atoms with Crippen LogP contribution in [0.15, 0.2) is 55.4 Å². The molecule has 1 N–H and O–H groups in total. The Balaban J connectivity index is 2.09. The maximum absolute atomic E-state index is 4.25. The van der Waals surface area contributed by atoms with Crippen LogP contribution in [0.25, 0.3) is 17.1 Å². The highest BCUT2D eigenvalue weighted by atomic mass is 14.8. The summed E-state index contributed by atoms with van der Waals surface area (Å²) in [4.78, 5) is 7.34. The van der Waals surface area contributed by atoms with Gasteiger partial charge in [0.25, 0.3) is 0 Å². The summed E-state index contributed by atoms with van der Waals surface area (Å²) < 4.78 is 0. The van der Waals surface area contributed by atoms with E-state index in [9.17, 15) is 0 Å². The van der Waals surface area contributed by atoms with Gasteiger partial charge in [0, 0.05) is 28.9 Å². The van der Waals surface area contributed by atoms with Crippen LogP contribution in [0.4, 0.5) is 0 Å². The van der Waals surface area contributed by atoms with Gasteiger partial charge < -0.3 is 4.98 Å². The summed E-state index contributed by atoms with van der Waals surface area (Å²) in [6, 6.07) is 11.9. The molecule has 0 unspecified atom stereocenters. The van der Waals surface area contributed by atoms with Crippen LogP contribution in [0.3, 0.4) is 0 Å². The molecule has 0 aliphatic rings. The van der Waals surface area contributed by atoms with Crippen LogP contribution in [0.2, 0.25) is 0 Å². The molecule has 0 aliphatic carbocycles. The number of pyridine rings is 1. The van der Waals surface area contributed by atoms with Crippen molar-refractivity contribution in [1.29, 1.82) is 0 Å². The smallest absolute Gasteiger partial charge is 0.138 e. The van der Waals surface area contributed by atoms with Gasteiger partial charge in [-0.1, -0.05) is 42.7 Å². The third kappa shape index (κ3) is 2.14. The predicted octanol–water partition coefficient (Wildman–Crippen LogP) is 3.61. The first-order valence-electron chi connectivity index (χ1n) is 6.04. The van der Waals surface area contributed by atoms with E-state index >= 15 is 0 Å². The third-order valence-corrected chi connectivity index (χ3v) is 2.97. The number of fused-ring (bicyclic) bond motifs is 1. The Morgan fingerprint density at radius 2 is 1.89 bits per heavy atom. The van der Waals surface area contributed by atoms with Crippen molar-refractivity contribution in [3.05, 3.63) is 72.1 Å². The standard InChI is InChI=1S/C17H12N2/c1-2-13-5-3-4-6-14(13)7-8-15-9-11-18-17-16(15)10-12-19-17/h2-6,9-12H,1H2,(H,18,19). The molecule has 0 spiro atoms. The van der Waals surface area contributed by atoms with E-state index in [1.165, 1.54) is 0 Å². The Labute approximate surface area is 111 Å². The monoisotopic (exact) mass is 244 g/mol. The van der Waals surface area contributed by atoms with E-state index in [0.717, 1.165) is 27.7 Å². The number of H-pyrrole nitrogens is 1. The summed E-state index contributed by atoms with van der Waals surface area (Å²) in [6.07, 6.45) is 5.46. The Morgan fingerprint density at radius 3 is 2.79 bits per heavy atom. The molecule has 0 amide bonds. The molecular formula is C17H12N2. The number of nitrogens with zero attached hydrogens (tertiary/aromatic N) is 1. The number of aromatic nitrogens is 2. The molecule has 2 aromatic heterocycles. The minimum Gasteiger partial charge on any atom is -0.346 e. The van der Waals surface area contributed by atoms with Crippen LogP contribution in [-0.2, 0) is 0 Å². The fourth-order valence-corrected chi connectivity index (χ4v) is 1.99. The number of hydrogen-bond donors (Lipinski definition) is 1. The number of nitrogens with one attached hydrogen (secondary N) is 1. The SMILES string of the molecule is C=Cc1ccccc1C#Cc1ccnc2[nH]ccc12. The van der Waals surface area contributed by atoms with Crippen molar-refractivity contribution in [3.8, 4) is 11.8 Å². The van der Waals surface area contributed by atoms with E-state index < -0.39 is 0 Å². The molecule has 0 bridgehead atoms. The van der Waals surface area contributed by atoms with Gasteiger partial charge in [-0.05, 0) is 23.8 Å². The lowest BCUT2D eigenvalue weighted by Crippen LogP contribution is -1.83. The second-order valence-corrected chi connectivity index (χ2v) is 4.14. The van der Waals surface area contributed by atoms with Crippen molar-refractivity contribution < 1.29 is 0 Å². The lowest BCUT2D eigenvalue weighted by Gasteiger charge is -1.97. The molecule has 2 heterocycles. The van der Waals surface area contributed by atoms with E-state index in [4.69, 9.17) is 0 Å². The molecule has 90 valence electrons. The van der Waals surface area contributed by atoms with Crippen molar-refractivity contribution in [3.63, 3.8) is 0 Å². The fourth-order valence-electron chi connectivity index (χ4n) is 1.99. The number of rotatable bonds is 1. The van der Waals surface area contributed by atoms with Crippen molar-refractivity contribution in [2.45, 2.75) is 0 Å². The molecule has 2 nitrogen and oxygen atoms in total. The molecule has 0 saturated carbocycles. The van der Waals surface area contributed by atoms with Crippen molar-refractivity contribution >= 4 is 17.1 Å². The highest BCUT2D eigenvalue weighted by molar-refractivity contribution is 5.82. The van der Waals surface area contributed by atoms with E-state index in [0.29, 0.717) is 0 Å². The van der Waals surface area contributed by atoms with Crippen LogP contribution in [0.1, 0.15) is 16.7 Å². The second-order valence-electron chi connectivity index (χ2n) is 4.14. The highest BCUT2D eigenvalue weighted by Gasteiger charge is 1.99. The molecule has 3 aromatic rings. The molecule has 0 saturated heterocycles. The van der Waals surface area contributed by atoms with Crippen LogP contribution in [0.5, 0.6) is 0 Å². The highest BCUT2D eigenvalue weighted by Crippen LogP contribution is 2.14. The zero-order valence-electron chi connectivity index (χ0n) is 10.4. The molecule has 0 fully saturated rings. The summed E-state index contributed by atoms with van der Waals surface area (Å²) >= 11 is 0. The van der Waals surface area contributed by atoms with Gasteiger partial charge in [-0.2, -0.15) is 0 Å². The molecule has 0 aliphatic heterocycles. The van der Waals surface area contributed by atoms with E-state index in [1.54, 1.807) is 6.20 Å². The maximum atomic E-state index is 4.25. The minimum atomic E-state index is 0.865. The molecule has 3 rings (SSSR count). The van der Waals surface area contributed by atoms with Crippen LogP contribution >= 0.6 is 0 Å². The van der Waals surface area contributed by atoms with Gasteiger partial charge in [-0.3, -0.25) is 0 Å². The van der Waals surface area contributed by atoms with Crippen LogP contribution in [0, 0.1) is 11.8 Å². The van der Waals surface area contributed by atoms with Crippen LogP contribution < -0.4 is 0 Å². The number of benzene rings is 1. The van der Waals surface area contributed by atoms with Crippen molar-refractivity contribution in [1.82, 2.24) is 9.97 Å². The summed E-state index contributed by atoms with van der Waals surface area (Å²) in [5.74, 6) is 6.41. The van der Waals surface area contributed by atoms with E-state index in [1.807, 2.05) is 48.7 Å². The lowest BCUT2D eigenvalue weighted by atomic mass is 10.1. The van der Waals surface area contributed by atoms with Crippen molar-refractivity contribution in [2.24, 2.45) is 0 Å². The van der Waals surface area contributed by atoms with Crippen molar-refractivity contribution in [2.75, 3.05) is 0 Å². The zero-order chi connectivity index (χ0) is 13.1. The predicted molar refractivity (Wildman–Crippen MR) is 78.6 cm³/mol. The summed E-state index contributed by atoms with van der Waals surface area (Å²) in [5.41, 5.74) is 3.88. The average molecular weight is 244 g/mol. The maximum Gasteiger partial charge on any atom is 0.138 e. The van der Waals surface area contributed by atoms with Gasteiger partial charge in [-0.25, -0.2) is 4.98 Å². The first kappa shape index (κ1) is 11.3. The Morgan fingerprint density at radius 1 is 1.05 bits per heavy atom. The first-order chi connectivity index (χ1) is 9.38. The first-order valence-corrected chi connectivity index (χ1v) is 6.04. The topological polar surface area (TPSA) is 28.7 Å². The number of aromatic amines is 1. The molecule has 19 heavy (non-hydrogen) atoms. The van der Waals surface area contributed by atoms with Gasteiger partial charge in [0.15, 0.2) is 0 Å². The third-order valence-electron chi connectivity index (χ3n) is 2.97. The van der Waals surface area contributed by atoms with E-state index in [2.05, 4.69) is 28.4 Å². The van der Waals surface area contributed by atoms with E-state index in [-0.39, 0.29) is 0 Å². The summed E-state index contributed by atoms with van der Waals surface area (Å²) in [5, 5.41) is 1.05. The molecular weight excluding hydrogens is 232 g/mol. The minimum absolute atomic E-state index is 0.865. The Kier molecular flexibility index (Phi) is 2.88. The second kappa shape index (κ2) is 4.83. The quantitative estimate of drug-likeness (QED) is 0.651. The molecule has 2 heteroatoms. The zero-order valence-corrected chi connectivity index (χ0v) is 10.4. The molecule has 0 radical (unpaired) electrons. The molecule has 0 atom stereocenters. The van der Waals surface area contributed by atoms with Gasteiger partial charge in [-0.15, -0.1) is 0 Å².